The lowest BCUT2D eigenvalue weighted by Crippen LogP contribution is -2.12. The molecule has 1 aromatic carbocycles. The lowest BCUT2D eigenvalue weighted by atomic mass is 10.1. The minimum absolute atomic E-state index is 0.174. The zero-order valence-electron chi connectivity index (χ0n) is 12.7. The first-order valence-corrected chi connectivity index (χ1v) is 7.13. The highest BCUT2D eigenvalue weighted by atomic mass is 16.5. The maximum Gasteiger partial charge on any atom is 0.120 e. The third kappa shape index (κ3) is 3.39. The van der Waals surface area contributed by atoms with Gasteiger partial charge in [0.1, 0.15) is 5.75 Å². The van der Waals surface area contributed by atoms with Gasteiger partial charge in [0, 0.05) is 23.4 Å². The van der Waals surface area contributed by atoms with Crippen LogP contribution in [0.2, 0.25) is 0 Å². The van der Waals surface area contributed by atoms with Gasteiger partial charge in [-0.05, 0) is 39.4 Å². The Balaban J connectivity index is 2.31. The van der Waals surface area contributed by atoms with E-state index in [0.29, 0.717) is 0 Å². The Kier molecular flexibility index (Phi) is 4.79. The first kappa shape index (κ1) is 14.6. The fourth-order valence-electron chi connectivity index (χ4n) is 2.15. The molecule has 4 nitrogen and oxygen atoms in total. The molecule has 1 heterocycles. The van der Waals surface area contributed by atoms with Crippen LogP contribution in [-0.2, 0) is 6.54 Å². The third-order valence-corrected chi connectivity index (χ3v) is 3.10. The Morgan fingerprint density at radius 2 is 2.15 bits per heavy atom. The van der Waals surface area contributed by atoms with Gasteiger partial charge in [0.05, 0.1) is 11.8 Å². The van der Waals surface area contributed by atoms with Crippen molar-refractivity contribution in [3.63, 3.8) is 0 Å². The van der Waals surface area contributed by atoms with Crippen molar-refractivity contribution in [3.05, 3.63) is 35.5 Å². The Morgan fingerprint density at radius 3 is 2.85 bits per heavy atom. The molecule has 0 aliphatic rings. The summed E-state index contributed by atoms with van der Waals surface area (Å²) in [7, 11) is 0. The summed E-state index contributed by atoms with van der Waals surface area (Å²) < 4.78 is 5.75. The molecule has 0 saturated heterocycles. The van der Waals surface area contributed by atoms with E-state index in [0.717, 1.165) is 35.8 Å². The minimum Gasteiger partial charge on any atom is -0.491 e. The van der Waals surface area contributed by atoms with Gasteiger partial charge in [-0.1, -0.05) is 19.1 Å². The maximum absolute atomic E-state index is 5.75. The highest BCUT2D eigenvalue weighted by Crippen LogP contribution is 2.27. The summed E-state index contributed by atoms with van der Waals surface area (Å²) in [5, 5.41) is 10.9. The predicted molar refractivity (Wildman–Crippen MR) is 81.9 cm³/mol. The van der Waals surface area contributed by atoms with E-state index in [1.54, 1.807) is 0 Å². The first-order valence-electron chi connectivity index (χ1n) is 7.13. The fraction of sp³-hybridized carbons (Fsp3) is 0.438. The molecule has 0 aliphatic heterocycles. The fourth-order valence-corrected chi connectivity index (χ4v) is 2.15. The molecule has 4 heteroatoms. The Morgan fingerprint density at radius 1 is 1.35 bits per heavy atom. The molecule has 1 aromatic heterocycles. The summed E-state index contributed by atoms with van der Waals surface area (Å²) in [6, 6.07) is 8.10. The highest BCUT2D eigenvalue weighted by molar-refractivity contribution is 5.65. The van der Waals surface area contributed by atoms with E-state index in [1.807, 2.05) is 32.0 Å². The van der Waals surface area contributed by atoms with Crippen molar-refractivity contribution in [2.75, 3.05) is 6.54 Å². The van der Waals surface area contributed by atoms with Crippen LogP contribution in [0.15, 0.2) is 24.3 Å². The van der Waals surface area contributed by atoms with Gasteiger partial charge in [-0.2, -0.15) is 5.10 Å². The number of nitrogens with zero attached hydrogens (tertiary/aromatic N) is 1. The maximum atomic E-state index is 5.75. The molecular weight excluding hydrogens is 250 g/mol. The number of aromatic nitrogens is 2. The number of aryl methyl sites for hydroxylation is 1. The lowest BCUT2D eigenvalue weighted by Gasteiger charge is -2.11. The molecule has 20 heavy (non-hydrogen) atoms. The van der Waals surface area contributed by atoms with Crippen LogP contribution in [0.1, 0.15) is 32.0 Å². The number of aromatic amines is 1. The Bertz CT molecular complexity index is 561. The molecule has 108 valence electrons. The van der Waals surface area contributed by atoms with Gasteiger partial charge in [0.2, 0.25) is 0 Å². The van der Waals surface area contributed by atoms with Crippen LogP contribution in [0.5, 0.6) is 5.75 Å². The molecule has 0 spiro atoms. The van der Waals surface area contributed by atoms with Crippen molar-refractivity contribution >= 4 is 0 Å². The van der Waals surface area contributed by atoms with Crippen LogP contribution in [0.25, 0.3) is 11.3 Å². The van der Waals surface area contributed by atoms with E-state index in [1.165, 1.54) is 5.56 Å². The molecule has 0 aliphatic carbocycles. The molecular formula is C16H23N3O. The summed E-state index contributed by atoms with van der Waals surface area (Å²) >= 11 is 0. The SMILES string of the molecule is CCNCc1c(-c2cccc(OC(C)C)c2)n[nH]c1C. The normalized spacial score (nSPS) is 11.1. The summed E-state index contributed by atoms with van der Waals surface area (Å²) in [4.78, 5) is 0. The third-order valence-electron chi connectivity index (χ3n) is 3.10. The minimum atomic E-state index is 0.174. The van der Waals surface area contributed by atoms with Gasteiger partial charge in [0.15, 0.2) is 0 Å². The number of hydrogen-bond donors (Lipinski definition) is 2. The van der Waals surface area contributed by atoms with E-state index >= 15 is 0 Å². The number of hydrogen-bond acceptors (Lipinski definition) is 3. The molecule has 0 unspecified atom stereocenters. The lowest BCUT2D eigenvalue weighted by molar-refractivity contribution is 0.242. The number of rotatable bonds is 6. The van der Waals surface area contributed by atoms with Crippen LogP contribution < -0.4 is 10.1 Å². The predicted octanol–water partition coefficient (Wildman–Crippen LogP) is 3.28. The van der Waals surface area contributed by atoms with E-state index in [9.17, 15) is 0 Å². The van der Waals surface area contributed by atoms with E-state index in [4.69, 9.17) is 4.74 Å². The van der Waals surface area contributed by atoms with Crippen molar-refractivity contribution in [2.45, 2.75) is 40.3 Å². The second-order valence-electron chi connectivity index (χ2n) is 5.15. The molecule has 0 atom stereocenters. The van der Waals surface area contributed by atoms with E-state index < -0.39 is 0 Å². The Labute approximate surface area is 120 Å². The zero-order valence-corrected chi connectivity index (χ0v) is 12.7. The summed E-state index contributed by atoms with van der Waals surface area (Å²) in [6.07, 6.45) is 0.174. The number of benzene rings is 1. The average Bonchev–Trinajstić information content (AvgIpc) is 2.77. The number of ether oxygens (including phenoxy) is 1. The second-order valence-corrected chi connectivity index (χ2v) is 5.15. The van der Waals surface area contributed by atoms with Gasteiger partial charge in [-0.25, -0.2) is 0 Å². The van der Waals surface area contributed by atoms with Gasteiger partial charge in [-0.3, -0.25) is 5.10 Å². The van der Waals surface area contributed by atoms with Gasteiger partial charge in [0.25, 0.3) is 0 Å². The van der Waals surface area contributed by atoms with Crippen molar-refractivity contribution in [1.82, 2.24) is 15.5 Å². The molecule has 0 amide bonds. The molecule has 0 radical (unpaired) electrons. The second kappa shape index (κ2) is 6.57. The molecule has 2 aromatic rings. The smallest absolute Gasteiger partial charge is 0.120 e. The van der Waals surface area contributed by atoms with Crippen LogP contribution >= 0.6 is 0 Å². The molecule has 0 saturated carbocycles. The standard InChI is InChI=1S/C16H23N3O/c1-5-17-10-15-12(4)18-19-16(15)13-7-6-8-14(9-13)20-11(2)3/h6-9,11,17H,5,10H2,1-4H3,(H,18,19). The largest absolute Gasteiger partial charge is 0.491 e. The van der Waals surface area contributed by atoms with Crippen molar-refractivity contribution < 1.29 is 4.74 Å². The number of nitrogens with one attached hydrogen (secondary N) is 2. The summed E-state index contributed by atoms with van der Waals surface area (Å²) in [5.41, 5.74) is 4.41. The molecule has 0 bridgehead atoms. The van der Waals surface area contributed by atoms with E-state index in [-0.39, 0.29) is 6.10 Å². The highest BCUT2D eigenvalue weighted by Gasteiger charge is 2.12. The Hall–Kier alpha value is -1.81. The zero-order chi connectivity index (χ0) is 14.5. The molecule has 2 rings (SSSR count). The van der Waals surface area contributed by atoms with Gasteiger partial charge >= 0.3 is 0 Å². The van der Waals surface area contributed by atoms with Crippen molar-refractivity contribution in [2.24, 2.45) is 0 Å². The molecule has 0 fully saturated rings. The average molecular weight is 273 g/mol. The van der Waals surface area contributed by atoms with Crippen LogP contribution in [0, 0.1) is 6.92 Å². The van der Waals surface area contributed by atoms with Crippen molar-refractivity contribution in [3.8, 4) is 17.0 Å². The van der Waals surface area contributed by atoms with Gasteiger partial charge < -0.3 is 10.1 Å². The van der Waals surface area contributed by atoms with Gasteiger partial charge in [-0.15, -0.1) is 0 Å². The molecule has 2 N–H and O–H groups in total. The topological polar surface area (TPSA) is 49.9 Å². The first-order chi connectivity index (χ1) is 9.61. The number of H-pyrrole nitrogens is 1. The van der Waals surface area contributed by atoms with Crippen LogP contribution in [0.3, 0.4) is 0 Å². The summed E-state index contributed by atoms with van der Waals surface area (Å²) in [5.74, 6) is 0.882. The monoisotopic (exact) mass is 273 g/mol. The quantitative estimate of drug-likeness (QED) is 0.849. The van der Waals surface area contributed by atoms with Crippen molar-refractivity contribution in [1.29, 1.82) is 0 Å². The van der Waals surface area contributed by atoms with Crippen LogP contribution in [-0.4, -0.2) is 22.8 Å². The van der Waals surface area contributed by atoms with Crippen LogP contribution in [0.4, 0.5) is 0 Å². The van der Waals surface area contributed by atoms with E-state index in [2.05, 4.69) is 35.4 Å². The summed E-state index contributed by atoms with van der Waals surface area (Å²) in [6.45, 7) is 9.98.